The van der Waals surface area contributed by atoms with Crippen LogP contribution < -0.4 is 4.74 Å². The maximum Gasteiger partial charge on any atom is 0.406 e. The van der Waals surface area contributed by atoms with Crippen molar-refractivity contribution >= 4 is 11.9 Å². The summed E-state index contributed by atoms with van der Waals surface area (Å²) in [6, 6.07) is 6.84. The van der Waals surface area contributed by atoms with Crippen LogP contribution in [-0.2, 0) is 20.7 Å². The predicted octanol–water partition coefficient (Wildman–Crippen LogP) is 2.63. The van der Waals surface area contributed by atoms with Crippen LogP contribution in [0.2, 0.25) is 0 Å². The zero-order valence-electron chi connectivity index (χ0n) is 15.9. The zero-order chi connectivity index (χ0) is 21.4. The maximum atomic E-state index is 12.7. The molecule has 0 saturated carbocycles. The fourth-order valence-electron chi connectivity index (χ4n) is 2.40. The highest BCUT2D eigenvalue weighted by molar-refractivity contribution is 5.82. The quantitative estimate of drug-likeness (QED) is 0.581. The minimum Gasteiger partial charge on any atom is -0.497 e. The SMILES string of the molecule is CCOC(=O)CN(CC(F)(F)F)C(=O)CCc1nc(-c2ccc(OC)cc2)no1. The molecule has 0 aliphatic carbocycles. The van der Waals surface area contributed by atoms with Crippen LogP contribution in [0.3, 0.4) is 0 Å². The Morgan fingerprint density at radius 3 is 2.48 bits per heavy atom. The van der Waals surface area contributed by atoms with E-state index in [1.807, 2.05) is 0 Å². The standard InChI is InChI=1S/C18H20F3N3O5/c1-3-28-16(26)10-24(11-18(19,20)21)15(25)9-8-14-22-17(23-29-14)12-4-6-13(27-2)7-5-12/h4-7H,3,8-11H2,1-2H3. The van der Waals surface area contributed by atoms with E-state index in [-0.39, 0.29) is 31.2 Å². The molecule has 29 heavy (non-hydrogen) atoms. The normalized spacial score (nSPS) is 11.2. The number of methoxy groups -OCH3 is 1. The molecule has 2 rings (SSSR count). The first-order valence-electron chi connectivity index (χ1n) is 8.69. The number of amides is 1. The molecular weight excluding hydrogens is 395 g/mol. The molecule has 0 N–H and O–H groups in total. The van der Waals surface area contributed by atoms with Gasteiger partial charge in [0.2, 0.25) is 17.6 Å². The van der Waals surface area contributed by atoms with Crippen LogP contribution >= 0.6 is 0 Å². The number of rotatable bonds is 9. The number of halogens is 3. The number of ether oxygens (including phenoxy) is 2. The van der Waals surface area contributed by atoms with E-state index in [4.69, 9.17) is 9.26 Å². The Balaban J connectivity index is 1.99. The first-order chi connectivity index (χ1) is 13.7. The first kappa shape index (κ1) is 22.2. The predicted molar refractivity (Wildman–Crippen MR) is 93.9 cm³/mol. The van der Waals surface area contributed by atoms with E-state index >= 15 is 0 Å². The third-order valence-corrected chi connectivity index (χ3v) is 3.72. The van der Waals surface area contributed by atoms with Gasteiger partial charge in [0.1, 0.15) is 18.8 Å². The molecule has 1 aromatic heterocycles. The molecular formula is C18H20F3N3O5. The third-order valence-electron chi connectivity index (χ3n) is 3.72. The number of hydrogen-bond acceptors (Lipinski definition) is 7. The number of alkyl halides is 3. The first-order valence-corrected chi connectivity index (χ1v) is 8.69. The number of aryl methyl sites for hydroxylation is 1. The van der Waals surface area contributed by atoms with Crippen LogP contribution in [0.25, 0.3) is 11.4 Å². The second-order valence-corrected chi connectivity index (χ2v) is 5.91. The van der Waals surface area contributed by atoms with E-state index < -0.39 is 31.1 Å². The van der Waals surface area contributed by atoms with E-state index in [9.17, 15) is 22.8 Å². The number of carbonyl (C=O) groups is 2. The fraction of sp³-hybridized carbons (Fsp3) is 0.444. The lowest BCUT2D eigenvalue weighted by molar-refractivity contribution is -0.167. The lowest BCUT2D eigenvalue weighted by Gasteiger charge is -2.22. The Kier molecular flexibility index (Phi) is 7.57. The van der Waals surface area contributed by atoms with Gasteiger partial charge in [0, 0.05) is 18.4 Å². The topological polar surface area (TPSA) is 94.8 Å². The molecule has 0 atom stereocenters. The van der Waals surface area contributed by atoms with Gasteiger partial charge in [0.15, 0.2) is 0 Å². The zero-order valence-corrected chi connectivity index (χ0v) is 15.9. The summed E-state index contributed by atoms with van der Waals surface area (Å²) in [7, 11) is 1.53. The minimum atomic E-state index is -4.64. The van der Waals surface area contributed by atoms with Crippen molar-refractivity contribution in [2.75, 3.05) is 26.8 Å². The van der Waals surface area contributed by atoms with Gasteiger partial charge in [-0.25, -0.2) is 0 Å². The van der Waals surface area contributed by atoms with Crippen LogP contribution in [-0.4, -0.2) is 59.9 Å². The number of esters is 1. The van der Waals surface area contributed by atoms with E-state index in [1.165, 1.54) is 14.0 Å². The lowest BCUT2D eigenvalue weighted by Crippen LogP contribution is -2.42. The molecule has 2 aromatic rings. The van der Waals surface area contributed by atoms with Crippen LogP contribution in [0.15, 0.2) is 28.8 Å². The summed E-state index contributed by atoms with van der Waals surface area (Å²) in [6.07, 6.45) is -5.05. The molecule has 1 heterocycles. The second-order valence-electron chi connectivity index (χ2n) is 5.91. The van der Waals surface area contributed by atoms with Crippen molar-refractivity contribution < 1.29 is 36.8 Å². The largest absolute Gasteiger partial charge is 0.497 e. The van der Waals surface area contributed by atoms with Crippen molar-refractivity contribution in [2.45, 2.75) is 25.9 Å². The van der Waals surface area contributed by atoms with Crippen molar-refractivity contribution in [1.29, 1.82) is 0 Å². The lowest BCUT2D eigenvalue weighted by atomic mass is 10.2. The van der Waals surface area contributed by atoms with Gasteiger partial charge in [-0.3, -0.25) is 9.59 Å². The summed E-state index contributed by atoms with van der Waals surface area (Å²) in [5.74, 6) is -0.778. The second kappa shape index (κ2) is 9.89. The van der Waals surface area contributed by atoms with Gasteiger partial charge in [0.25, 0.3) is 0 Å². The van der Waals surface area contributed by atoms with Crippen LogP contribution in [0.1, 0.15) is 19.2 Å². The number of benzene rings is 1. The summed E-state index contributed by atoms with van der Waals surface area (Å²) in [5, 5.41) is 3.79. The summed E-state index contributed by atoms with van der Waals surface area (Å²) < 4.78 is 52.9. The van der Waals surface area contributed by atoms with Crippen LogP contribution in [0.5, 0.6) is 5.75 Å². The molecule has 0 bridgehead atoms. The summed E-state index contributed by atoms with van der Waals surface area (Å²) in [6.45, 7) is -0.814. The van der Waals surface area contributed by atoms with E-state index in [0.29, 0.717) is 16.2 Å². The average Bonchev–Trinajstić information content (AvgIpc) is 3.14. The Bertz CT molecular complexity index is 821. The molecule has 0 spiro atoms. The highest BCUT2D eigenvalue weighted by Crippen LogP contribution is 2.21. The molecule has 0 aliphatic rings. The van der Waals surface area contributed by atoms with Crippen molar-refractivity contribution in [3.05, 3.63) is 30.2 Å². The average molecular weight is 415 g/mol. The number of aromatic nitrogens is 2. The molecule has 0 aliphatic heterocycles. The van der Waals surface area contributed by atoms with Gasteiger partial charge in [-0.2, -0.15) is 18.2 Å². The number of hydrogen-bond donors (Lipinski definition) is 0. The maximum absolute atomic E-state index is 12.7. The summed E-state index contributed by atoms with van der Waals surface area (Å²) >= 11 is 0. The van der Waals surface area contributed by atoms with Gasteiger partial charge >= 0.3 is 12.1 Å². The van der Waals surface area contributed by atoms with E-state index in [2.05, 4.69) is 14.9 Å². The highest BCUT2D eigenvalue weighted by Gasteiger charge is 2.34. The molecule has 0 saturated heterocycles. The van der Waals surface area contributed by atoms with E-state index in [0.717, 1.165) is 0 Å². The number of nitrogens with zero attached hydrogens (tertiary/aromatic N) is 3. The third kappa shape index (κ3) is 7.09. The van der Waals surface area contributed by atoms with Crippen molar-refractivity contribution in [3.63, 3.8) is 0 Å². The molecule has 8 nitrogen and oxygen atoms in total. The monoisotopic (exact) mass is 415 g/mol. The molecule has 1 aromatic carbocycles. The smallest absolute Gasteiger partial charge is 0.406 e. The molecule has 0 radical (unpaired) electrons. The Labute approximate surface area is 164 Å². The highest BCUT2D eigenvalue weighted by atomic mass is 19.4. The Hall–Kier alpha value is -3.11. The van der Waals surface area contributed by atoms with Crippen LogP contribution in [0.4, 0.5) is 13.2 Å². The summed E-state index contributed by atoms with van der Waals surface area (Å²) in [4.78, 5) is 28.2. The molecule has 0 fully saturated rings. The van der Waals surface area contributed by atoms with Gasteiger partial charge in [-0.15, -0.1) is 0 Å². The van der Waals surface area contributed by atoms with Gasteiger partial charge in [-0.05, 0) is 31.2 Å². The minimum absolute atomic E-state index is 0.00298. The Morgan fingerprint density at radius 2 is 1.90 bits per heavy atom. The van der Waals surface area contributed by atoms with Gasteiger partial charge < -0.3 is 18.9 Å². The van der Waals surface area contributed by atoms with E-state index in [1.54, 1.807) is 24.3 Å². The Morgan fingerprint density at radius 1 is 1.21 bits per heavy atom. The van der Waals surface area contributed by atoms with Crippen LogP contribution in [0, 0.1) is 0 Å². The van der Waals surface area contributed by atoms with Crippen molar-refractivity contribution in [1.82, 2.24) is 15.0 Å². The van der Waals surface area contributed by atoms with Gasteiger partial charge in [0.05, 0.1) is 13.7 Å². The fourth-order valence-corrected chi connectivity index (χ4v) is 2.40. The van der Waals surface area contributed by atoms with Crippen molar-refractivity contribution in [2.24, 2.45) is 0 Å². The van der Waals surface area contributed by atoms with Gasteiger partial charge in [-0.1, -0.05) is 5.16 Å². The summed E-state index contributed by atoms with van der Waals surface area (Å²) in [5.41, 5.74) is 0.646. The molecule has 11 heteroatoms. The molecule has 158 valence electrons. The molecule has 0 unspecified atom stereocenters. The molecule has 1 amide bonds. The number of carbonyl (C=O) groups excluding carboxylic acids is 2. The van der Waals surface area contributed by atoms with Crippen molar-refractivity contribution in [3.8, 4) is 17.1 Å².